The van der Waals surface area contributed by atoms with Gasteiger partial charge in [-0.25, -0.2) is 0 Å². The molecular formula is C20H36N2O. The van der Waals surface area contributed by atoms with Gasteiger partial charge in [0.15, 0.2) is 0 Å². The van der Waals surface area contributed by atoms with Crippen molar-refractivity contribution in [3.8, 4) is 5.75 Å². The second kappa shape index (κ2) is 11.3. The van der Waals surface area contributed by atoms with Crippen LogP contribution in [-0.2, 0) is 6.42 Å². The maximum atomic E-state index is 6.14. The van der Waals surface area contributed by atoms with Gasteiger partial charge < -0.3 is 15.4 Å². The van der Waals surface area contributed by atoms with Crippen molar-refractivity contribution in [1.82, 2.24) is 4.90 Å². The Hall–Kier alpha value is -1.22. The van der Waals surface area contributed by atoms with Crippen LogP contribution in [0, 0.1) is 0 Å². The second-order valence-corrected chi connectivity index (χ2v) is 6.52. The lowest BCUT2D eigenvalue weighted by atomic mass is 10.0. The lowest BCUT2D eigenvalue weighted by Crippen LogP contribution is -2.36. The standard InChI is InChI=1S/C20H36N2O/c1-5-8-12-22(13-9-6-2)17(4)15-18-10-11-20(19(21)16-18)23-14-7-3/h10-11,16-17H,5-9,12-15,21H2,1-4H3. The molecule has 3 nitrogen and oxygen atoms in total. The van der Waals surface area contributed by atoms with E-state index >= 15 is 0 Å². The van der Waals surface area contributed by atoms with Gasteiger partial charge in [-0.15, -0.1) is 0 Å². The number of nitrogens with zero attached hydrogens (tertiary/aromatic N) is 1. The first-order valence-electron chi connectivity index (χ1n) is 9.37. The van der Waals surface area contributed by atoms with Gasteiger partial charge in [-0.3, -0.25) is 0 Å². The maximum Gasteiger partial charge on any atom is 0.142 e. The molecule has 23 heavy (non-hydrogen) atoms. The van der Waals surface area contributed by atoms with Gasteiger partial charge in [-0.2, -0.15) is 0 Å². The summed E-state index contributed by atoms with van der Waals surface area (Å²) in [6.45, 7) is 12.1. The minimum absolute atomic E-state index is 0.551. The van der Waals surface area contributed by atoms with E-state index in [1.807, 2.05) is 6.07 Å². The van der Waals surface area contributed by atoms with Gasteiger partial charge in [0, 0.05) is 6.04 Å². The molecule has 0 aliphatic carbocycles. The molecule has 1 atom stereocenters. The number of unbranched alkanes of at least 4 members (excludes halogenated alkanes) is 2. The lowest BCUT2D eigenvalue weighted by Gasteiger charge is -2.29. The van der Waals surface area contributed by atoms with Crippen molar-refractivity contribution < 1.29 is 4.74 Å². The molecule has 0 bridgehead atoms. The van der Waals surface area contributed by atoms with Crippen LogP contribution in [0.4, 0.5) is 5.69 Å². The molecular weight excluding hydrogens is 284 g/mol. The number of rotatable bonds is 12. The number of nitrogens with two attached hydrogens (primary N) is 1. The molecule has 2 N–H and O–H groups in total. The second-order valence-electron chi connectivity index (χ2n) is 6.52. The quantitative estimate of drug-likeness (QED) is 0.557. The normalized spacial score (nSPS) is 12.6. The van der Waals surface area contributed by atoms with Crippen LogP contribution in [0.3, 0.4) is 0 Å². The molecule has 0 aliphatic rings. The van der Waals surface area contributed by atoms with E-state index < -0.39 is 0 Å². The fourth-order valence-electron chi connectivity index (χ4n) is 2.81. The van der Waals surface area contributed by atoms with Crippen LogP contribution in [-0.4, -0.2) is 30.6 Å². The van der Waals surface area contributed by atoms with E-state index in [0.29, 0.717) is 6.04 Å². The van der Waals surface area contributed by atoms with Crippen LogP contribution in [0.5, 0.6) is 5.75 Å². The van der Waals surface area contributed by atoms with E-state index in [9.17, 15) is 0 Å². The monoisotopic (exact) mass is 320 g/mol. The van der Waals surface area contributed by atoms with Gasteiger partial charge >= 0.3 is 0 Å². The molecule has 0 saturated carbocycles. The van der Waals surface area contributed by atoms with Gasteiger partial charge in [-0.05, 0) is 63.4 Å². The average Bonchev–Trinajstić information content (AvgIpc) is 2.54. The van der Waals surface area contributed by atoms with Gasteiger partial charge in [0.05, 0.1) is 12.3 Å². The van der Waals surface area contributed by atoms with Crippen LogP contribution >= 0.6 is 0 Å². The molecule has 0 spiro atoms. The zero-order valence-corrected chi connectivity index (χ0v) is 15.6. The highest BCUT2D eigenvalue weighted by atomic mass is 16.5. The topological polar surface area (TPSA) is 38.5 Å². The molecule has 1 aromatic rings. The van der Waals surface area contributed by atoms with Gasteiger partial charge in [0.25, 0.3) is 0 Å². The van der Waals surface area contributed by atoms with Crippen LogP contribution in [0.2, 0.25) is 0 Å². The summed E-state index contributed by atoms with van der Waals surface area (Å²) in [5, 5.41) is 0. The molecule has 1 unspecified atom stereocenters. The smallest absolute Gasteiger partial charge is 0.142 e. The third kappa shape index (κ3) is 7.26. The molecule has 0 heterocycles. The zero-order valence-electron chi connectivity index (χ0n) is 15.6. The highest BCUT2D eigenvalue weighted by molar-refractivity contribution is 5.54. The van der Waals surface area contributed by atoms with E-state index in [-0.39, 0.29) is 0 Å². The van der Waals surface area contributed by atoms with Gasteiger partial charge in [0.2, 0.25) is 0 Å². The predicted molar refractivity (Wildman–Crippen MR) is 101 cm³/mol. The van der Waals surface area contributed by atoms with E-state index in [1.165, 1.54) is 44.3 Å². The lowest BCUT2D eigenvalue weighted by molar-refractivity contribution is 0.201. The maximum absolute atomic E-state index is 6.14. The molecule has 0 aliphatic heterocycles. The third-order valence-corrected chi connectivity index (χ3v) is 4.29. The summed E-state index contributed by atoms with van der Waals surface area (Å²) >= 11 is 0. The van der Waals surface area contributed by atoms with Crippen molar-refractivity contribution in [3.63, 3.8) is 0 Å². The molecule has 0 radical (unpaired) electrons. The number of nitrogen functional groups attached to an aromatic ring is 1. The van der Waals surface area contributed by atoms with Gasteiger partial charge in [-0.1, -0.05) is 39.7 Å². The summed E-state index contributed by atoms with van der Waals surface area (Å²) in [6.07, 6.45) is 7.12. The van der Waals surface area contributed by atoms with Crippen molar-refractivity contribution in [2.75, 3.05) is 25.4 Å². The number of anilines is 1. The molecule has 132 valence electrons. The summed E-state index contributed by atoms with van der Waals surface area (Å²) in [5.74, 6) is 0.817. The minimum atomic E-state index is 0.551. The Balaban J connectivity index is 2.65. The average molecular weight is 321 g/mol. The Bertz CT molecular complexity index is 426. The fourth-order valence-corrected chi connectivity index (χ4v) is 2.81. The highest BCUT2D eigenvalue weighted by Gasteiger charge is 2.14. The van der Waals surface area contributed by atoms with E-state index in [0.717, 1.165) is 30.9 Å². The summed E-state index contributed by atoms with van der Waals surface area (Å²) < 4.78 is 5.66. The Morgan fingerprint density at radius 2 is 1.70 bits per heavy atom. The highest BCUT2D eigenvalue weighted by Crippen LogP contribution is 2.24. The van der Waals surface area contributed by atoms with Crippen LogP contribution in [0.25, 0.3) is 0 Å². The number of benzene rings is 1. The van der Waals surface area contributed by atoms with Crippen molar-refractivity contribution in [3.05, 3.63) is 23.8 Å². The van der Waals surface area contributed by atoms with E-state index in [1.54, 1.807) is 0 Å². The first-order valence-corrected chi connectivity index (χ1v) is 9.37. The first-order chi connectivity index (χ1) is 11.1. The van der Waals surface area contributed by atoms with E-state index in [4.69, 9.17) is 10.5 Å². The predicted octanol–water partition coefficient (Wildman–Crippen LogP) is 4.89. The van der Waals surface area contributed by atoms with Crippen molar-refractivity contribution in [2.24, 2.45) is 0 Å². The third-order valence-electron chi connectivity index (χ3n) is 4.29. The Kier molecular flexibility index (Phi) is 9.77. The first kappa shape index (κ1) is 19.8. The largest absolute Gasteiger partial charge is 0.491 e. The molecule has 0 fully saturated rings. The molecule has 1 rings (SSSR count). The van der Waals surface area contributed by atoms with Crippen molar-refractivity contribution in [2.45, 2.75) is 72.3 Å². The fraction of sp³-hybridized carbons (Fsp3) is 0.700. The molecule has 0 aromatic heterocycles. The summed E-state index contributed by atoms with van der Waals surface area (Å²) in [4.78, 5) is 2.63. The van der Waals surface area contributed by atoms with E-state index in [2.05, 4.69) is 44.7 Å². The van der Waals surface area contributed by atoms with Crippen LogP contribution in [0.15, 0.2) is 18.2 Å². The Labute approximate surface area is 143 Å². The zero-order chi connectivity index (χ0) is 17.1. The molecule has 3 heteroatoms. The summed E-state index contributed by atoms with van der Waals surface area (Å²) in [6, 6.07) is 6.82. The molecule has 0 amide bonds. The SMILES string of the molecule is CCCCN(CCCC)C(C)Cc1ccc(OCCC)c(N)c1. The Morgan fingerprint density at radius 1 is 1.04 bits per heavy atom. The van der Waals surface area contributed by atoms with Gasteiger partial charge in [0.1, 0.15) is 5.75 Å². The Morgan fingerprint density at radius 3 is 2.22 bits per heavy atom. The van der Waals surface area contributed by atoms with Crippen LogP contribution < -0.4 is 10.5 Å². The van der Waals surface area contributed by atoms with Crippen molar-refractivity contribution >= 4 is 5.69 Å². The number of hydrogen-bond acceptors (Lipinski definition) is 3. The van der Waals surface area contributed by atoms with Crippen LogP contribution in [0.1, 0.15) is 65.4 Å². The summed E-state index contributed by atoms with van der Waals surface area (Å²) in [7, 11) is 0. The number of hydrogen-bond donors (Lipinski definition) is 1. The minimum Gasteiger partial charge on any atom is -0.491 e. The number of ether oxygens (including phenoxy) is 1. The summed E-state index contributed by atoms with van der Waals surface area (Å²) in [5.41, 5.74) is 8.20. The van der Waals surface area contributed by atoms with Crippen molar-refractivity contribution in [1.29, 1.82) is 0 Å². The molecule has 1 aromatic carbocycles. The molecule has 0 saturated heterocycles.